The second kappa shape index (κ2) is 5.53. The molecule has 2 rings (SSSR count). The first-order valence-corrected chi connectivity index (χ1v) is 5.68. The highest BCUT2D eigenvalue weighted by atomic mass is 19.1. The van der Waals surface area contributed by atoms with Crippen LogP contribution in [0.5, 0.6) is 0 Å². The Hall–Kier alpha value is -2.35. The maximum atomic E-state index is 13.2. The molecule has 2 aromatic rings. The van der Waals surface area contributed by atoms with E-state index in [2.05, 4.69) is 15.6 Å². The van der Waals surface area contributed by atoms with E-state index in [9.17, 15) is 14.5 Å². The predicted octanol–water partition coefficient (Wildman–Crippen LogP) is 1.42. The van der Waals surface area contributed by atoms with Crippen molar-refractivity contribution in [3.8, 4) is 5.69 Å². The summed E-state index contributed by atoms with van der Waals surface area (Å²) < 4.78 is 14.6. The van der Waals surface area contributed by atoms with Crippen LogP contribution < -0.4 is 5.32 Å². The van der Waals surface area contributed by atoms with Gasteiger partial charge in [-0.25, -0.2) is 4.68 Å². The highest BCUT2D eigenvalue weighted by molar-refractivity contribution is 5.43. The van der Waals surface area contributed by atoms with Crippen molar-refractivity contribution in [2.75, 3.05) is 6.54 Å². The van der Waals surface area contributed by atoms with Crippen LogP contribution in [0.1, 0.15) is 12.6 Å². The Morgan fingerprint density at radius 3 is 3.00 bits per heavy atom. The molecule has 1 N–H and O–H groups in total. The van der Waals surface area contributed by atoms with Gasteiger partial charge in [0.15, 0.2) is 0 Å². The average molecular weight is 265 g/mol. The second-order valence-electron chi connectivity index (χ2n) is 3.83. The van der Waals surface area contributed by atoms with Crippen molar-refractivity contribution >= 4 is 5.69 Å². The number of halogens is 1. The molecule has 0 saturated carbocycles. The third-order valence-corrected chi connectivity index (χ3v) is 2.49. The molecule has 19 heavy (non-hydrogen) atoms. The first-order valence-electron chi connectivity index (χ1n) is 5.68. The van der Waals surface area contributed by atoms with E-state index >= 15 is 0 Å². The van der Waals surface area contributed by atoms with Gasteiger partial charge in [0.1, 0.15) is 0 Å². The Morgan fingerprint density at radius 2 is 2.32 bits per heavy atom. The maximum absolute atomic E-state index is 13.2. The molecule has 0 spiro atoms. The zero-order chi connectivity index (χ0) is 13.8. The van der Waals surface area contributed by atoms with E-state index in [0.717, 1.165) is 18.7 Å². The van der Waals surface area contributed by atoms with Gasteiger partial charge in [0.05, 0.1) is 22.5 Å². The minimum Gasteiger partial charge on any atom is -0.311 e. The first kappa shape index (κ1) is 13.1. The molecule has 0 unspecified atom stereocenters. The normalized spacial score (nSPS) is 10.6. The smallest absolute Gasteiger partial charge is 0.306 e. The van der Waals surface area contributed by atoms with E-state index in [1.807, 2.05) is 6.92 Å². The third-order valence-electron chi connectivity index (χ3n) is 2.49. The summed E-state index contributed by atoms with van der Waals surface area (Å²) >= 11 is 0. The lowest BCUT2D eigenvalue weighted by atomic mass is 10.2. The van der Waals surface area contributed by atoms with Crippen molar-refractivity contribution in [1.82, 2.24) is 20.3 Å². The van der Waals surface area contributed by atoms with Crippen molar-refractivity contribution < 1.29 is 9.31 Å². The van der Waals surface area contributed by atoms with Gasteiger partial charge in [-0.3, -0.25) is 10.1 Å². The Morgan fingerprint density at radius 1 is 1.53 bits per heavy atom. The number of nitro groups is 1. The Labute approximate surface area is 108 Å². The van der Waals surface area contributed by atoms with Crippen molar-refractivity contribution in [2.24, 2.45) is 0 Å². The fraction of sp³-hybridized carbons (Fsp3) is 0.273. The minimum absolute atomic E-state index is 0.392. The SMILES string of the molecule is CCNCc1cn(-c2ccc(F)c([N+](=O)[O-])c2)nn1. The maximum Gasteiger partial charge on any atom is 0.306 e. The van der Waals surface area contributed by atoms with E-state index in [-0.39, 0.29) is 0 Å². The average Bonchev–Trinajstić information content (AvgIpc) is 2.85. The Balaban J connectivity index is 2.29. The van der Waals surface area contributed by atoms with Gasteiger partial charge in [-0.2, -0.15) is 4.39 Å². The number of hydrogen-bond donors (Lipinski definition) is 1. The molecule has 1 aromatic heterocycles. The van der Waals surface area contributed by atoms with Crippen LogP contribution in [-0.2, 0) is 6.54 Å². The molecular formula is C11H12FN5O2. The van der Waals surface area contributed by atoms with Gasteiger partial charge in [-0.15, -0.1) is 5.10 Å². The molecule has 100 valence electrons. The van der Waals surface area contributed by atoms with E-state index in [4.69, 9.17) is 0 Å². The molecule has 0 aliphatic rings. The van der Waals surface area contributed by atoms with Crippen LogP contribution in [0.25, 0.3) is 5.69 Å². The number of rotatable bonds is 5. The fourth-order valence-electron chi connectivity index (χ4n) is 1.54. The van der Waals surface area contributed by atoms with Gasteiger partial charge in [0.25, 0.3) is 0 Å². The summed E-state index contributed by atoms with van der Waals surface area (Å²) in [6.45, 7) is 3.32. The molecule has 0 radical (unpaired) electrons. The topological polar surface area (TPSA) is 85.9 Å². The molecule has 1 aromatic carbocycles. The standard InChI is InChI=1S/C11H12FN5O2/c1-2-13-6-8-7-16(15-14-8)9-3-4-10(12)11(5-9)17(18)19/h3-5,7,13H,2,6H2,1H3. The van der Waals surface area contributed by atoms with Crippen LogP contribution in [-0.4, -0.2) is 26.5 Å². The fourth-order valence-corrected chi connectivity index (χ4v) is 1.54. The summed E-state index contributed by atoms with van der Waals surface area (Å²) in [5, 5.41) is 21.5. The second-order valence-corrected chi connectivity index (χ2v) is 3.83. The number of aromatic nitrogens is 3. The number of benzene rings is 1. The lowest BCUT2D eigenvalue weighted by Crippen LogP contribution is -2.11. The van der Waals surface area contributed by atoms with Crippen LogP contribution in [0.2, 0.25) is 0 Å². The van der Waals surface area contributed by atoms with Gasteiger partial charge in [0, 0.05) is 12.6 Å². The molecule has 0 aliphatic carbocycles. The van der Waals surface area contributed by atoms with Crippen LogP contribution in [0.15, 0.2) is 24.4 Å². The number of nitrogens with one attached hydrogen (secondary N) is 1. The molecule has 0 aliphatic heterocycles. The quantitative estimate of drug-likeness (QED) is 0.652. The highest BCUT2D eigenvalue weighted by Gasteiger charge is 2.15. The van der Waals surface area contributed by atoms with Crippen LogP contribution in [0.4, 0.5) is 10.1 Å². The summed E-state index contributed by atoms with van der Waals surface area (Å²) in [6, 6.07) is 3.58. The summed E-state index contributed by atoms with van der Waals surface area (Å²) in [6.07, 6.45) is 1.64. The molecule has 1 heterocycles. The van der Waals surface area contributed by atoms with Crippen LogP contribution in [0.3, 0.4) is 0 Å². The molecule has 0 bridgehead atoms. The van der Waals surface area contributed by atoms with Gasteiger partial charge in [-0.1, -0.05) is 12.1 Å². The Bertz CT molecular complexity index is 599. The van der Waals surface area contributed by atoms with E-state index in [1.165, 1.54) is 10.7 Å². The summed E-state index contributed by atoms with van der Waals surface area (Å²) in [4.78, 5) is 9.89. The predicted molar refractivity (Wildman–Crippen MR) is 65.4 cm³/mol. The number of hydrogen-bond acceptors (Lipinski definition) is 5. The van der Waals surface area contributed by atoms with E-state index < -0.39 is 16.4 Å². The largest absolute Gasteiger partial charge is 0.311 e. The molecule has 0 amide bonds. The van der Waals surface area contributed by atoms with Gasteiger partial charge >= 0.3 is 5.69 Å². The first-order chi connectivity index (χ1) is 9.11. The summed E-state index contributed by atoms with van der Waals surface area (Å²) in [5.41, 5.74) is 0.512. The van der Waals surface area contributed by atoms with Gasteiger partial charge in [0.2, 0.25) is 5.82 Å². The summed E-state index contributed by atoms with van der Waals surface area (Å²) in [7, 11) is 0. The lowest BCUT2D eigenvalue weighted by molar-refractivity contribution is -0.387. The Kier molecular flexibility index (Phi) is 3.81. The molecule has 8 heteroatoms. The number of nitrogens with zero attached hydrogens (tertiary/aromatic N) is 4. The number of nitro benzene ring substituents is 1. The van der Waals surface area contributed by atoms with E-state index in [1.54, 1.807) is 6.20 Å². The summed E-state index contributed by atoms with van der Waals surface area (Å²) in [5.74, 6) is -0.873. The van der Waals surface area contributed by atoms with Crippen LogP contribution >= 0.6 is 0 Å². The van der Waals surface area contributed by atoms with Crippen molar-refractivity contribution in [1.29, 1.82) is 0 Å². The molecular weight excluding hydrogens is 253 g/mol. The zero-order valence-corrected chi connectivity index (χ0v) is 10.2. The minimum atomic E-state index is -0.873. The highest BCUT2D eigenvalue weighted by Crippen LogP contribution is 2.20. The zero-order valence-electron chi connectivity index (χ0n) is 10.2. The third kappa shape index (κ3) is 2.91. The van der Waals surface area contributed by atoms with Crippen LogP contribution in [0, 0.1) is 15.9 Å². The monoisotopic (exact) mass is 265 g/mol. The van der Waals surface area contributed by atoms with Crippen molar-refractivity contribution in [3.05, 3.63) is 46.0 Å². The molecule has 7 nitrogen and oxygen atoms in total. The van der Waals surface area contributed by atoms with Crippen molar-refractivity contribution in [3.63, 3.8) is 0 Å². The van der Waals surface area contributed by atoms with E-state index in [0.29, 0.717) is 17.9 Å². The van der Waals surface area contributed by atoms with Gasteiger partial charge < -0.3 is 5.32 Å². The van der Waals surface area contributed by atoms with Crippen molar-refractivity contribution in [2.45, 2.75) is 13.5 Å². The molecule has 0 saturated heterocycles. The molecule has 0 atom stereocenters. The molecule has 0 fully saturated rings. The van der Waals surface area contributed by atoms with Gasteiger partial charge in [-0.05, 0) is 18.7 Å². The lowest BCUT2D eigenvalue weighted by Gasteiger charge is -2.00.